The number of ether oxygens (including phenoxy) is 1. The summed E-state index contributed by atoms with van der Waals surface area (Å²) in [6, 6.07) is 22.2. The van der Waals surface area contributed by atoms with Crippen LogP contribution < -0.4 is 15.4 Å². The van der Waals surface area contributed by atoms with E-state index < -0.39 is 5.91 Å². The second kappa shape index (κ2) is 8.81. The Kier molecular flexibility index (Phi) is 5.97. The molecule has 0 radical (unpaired) electrons. The minimum Gasteiger partial charge on any atom is -0.483 e. The third kappa shape index (κ3) is 4.15. The van der Waals surface area contributed by atoms with Gasteiger partial charge >= 0.3 is 0 Å². The number of nitrogens with zero attached hydrogens (tertiary/aromatic N) is 1. The molecule has 7 heteroatoms. The van der Waals surface area contributed by atoms with E-state index in [9.17, 15) is 9.59 Å². The third-order valence-corrected chi connectivity index (χ3v) is 6.22. The summed E-state index contributed by atoms with van der Waals surface area (Å²) in [6.07, 6.45) is 0. The zero-order valence-corrected chi connectivity index (χ0v) is 17.5. The molecule has 1 aliphatic rings. The fraction of sp³-hybridized carbons (Fsp3) is 0.130. The first kappa shape index (κ1) is 20.3. The standard InChI is InChI=1S/C23H19ClN2O3S/c24-16-10-11-20(17(12-16)23(25)28)29-13-22(27)26-18-8-4-5-9-21(18)30-14-19(26)15-6-2-1-3-7-15/h1-12,19H,13-14H2,(H2,25,28). The van der Waals surface area contributed by atoms with E-state index in [0.29, 0.717) is 5.02 Å². The molecule has 0 spiro atoms. The van der Waals surface area contributed by atoms with Crippen molar-refractivity contribution in [1.29, 1.82) is 0 Å². The number of hydrogen-bond acceptors (Lipinski definition) is 4. The van der Waals surface area contributed by atoms with E-state index in [1.807, 2.05) is 54.6 Å². The predicted octanol–water partition coefficient (Wildman–Crippen LogP) is 4.70. The molecule has 2 N–H and O–H groups in total. The Labute approximate surface area is 183 Å². The van der Waals surface area contributed by atoms with E-state index in [2.05, 4.69) is 0 Å². The minimum absolute atomic E-state index is 0.122. The van der Waals surface area contributed by atoms with Gasteiger partial charge in [-0.05, 0) is 35.9 Å². The number of carbonyl (C=O) groups excluding carboxylic acids is 2. The molecule has 30 heavy (non-hydrogen) atoms. The average Bonchev–Trinajstić information content (AvgIpc) is 2.77. The molecular formula is C23H19ClN2O3S. The van der Waals surface area contributed by atoms with Gasteiger partial charge in [0.1, 0.15) is 5.75 Å². The van der Waals surface area contributed by atoms with Crippen molar-refractivity contribution in [2.75, 3.05) is 17.3 Å². The number of amides is 2. The molecule has 0 aromatic heterocycles. The number of anilines is 1. The Morgan fingerprint density at radius 2 is 1.80 bits per heavy atom. The van der Waals surface area contributed by atoms with Crippen molar-refractivity contribution in [2.45, 2.75) is 10.9 Å². The van der Waals surface area contributed by atoms with Crippen LogP contribution in [0.15, 0.2) is 77.7 Å². The Balaban J connectivity index is 1.63. The lowest BCUT2D eigenvalue weighted by Gasteiger charge is -2.37. The van der Waals surface area contributed by atoms with Gasteiger partial charge in [-0.2, -0.15) is 0 Å². The van der Waals surface area contributed by atoms with Gasteiger partial charge < -0.3 is 10.5 Å². The Bertz CT molecular complexity index is 1090. The van der Waals surface area contributed by atoms with Crippen molar-refractivity contribution < 1.29 is 14.3 Å². The van der Waals surface area contributed by atoms with E-state index in [0.717, 1.165) is 21.9 Å². The third-order valence-electron chi connectivity index (χ3n) is 4.84. The maximum Gasteiger partial charge on any atom is 0.265 e. The highest BCUT2D eigenvalue weighted by Gasteiger charge is 2.32. The van der Waals surface area contributed by atoms with Gasteiger partial charge in [0.2, 0.25) is 0 Å². The SMILES string of the molecule is NC(=O)c1cc(Cl)ccc1OCC(=O)N1c2ccccc2SCC1c1ccccc1. The van der Waals surface area contributed by atoms with Crippen molar-refractivity contribution in [3.05, 3.63) is 88.9 Å². The molecule has 1 aliphatic heterocycles. The van der Waals surface area contributed by atoms with E-state index in [1.54, 1.807) is 28.8 Å². The smallest absolute Gasteiger partial charge is 0.265 e. The van der Waals surface area contributed by atoms with E-state index in [1.165, 1.54) is 6.07 Å². The van der Waals surface area contributed by atoms with Gasteiger partial charge in [-0.15, -0.1) is 11.8 Å². The molecule has 1 heterocycles. The Morgan fingerprint density at radius 1 is 1.07 bits per heavy atom. The van der Waals surface area contributed by atoms with E-state index in [-0.39, 0.29) is 29.9 Å². The summed E-state index contributed by atoms with van der Waals surface area (Å²) in [6.45, 7) is -0.232. The van der Waals surface area contributed by atoms with Crippen LogP contribution in [0.25, 0.3) is 0 Å². The molecule has 4 rings (SSSR count). The highest BCUT2D eigenvalue weighted by atomic mass is 35.5. The molecule has 3 aromatic carbocycles. The lowest BCUT2D eigenvalue weighted by Crippen LogP contribution is -2.41. The van der Waals surface area contributed by atoms with Gasteiger partial charge in [0.25, 0.3) is 11.8 Å². The molecule has 0 aliphatic carbocycles. The maximum atomic E-state index is 13.3. The quantitative estimate of drug-likeness (QED) is 0.626. The molecule has 1 unspecified atom stereocenters. The van der Waals surface area contributed by atoms with Crippen LogP contribution in [0, 0.1) is 0 Å². The Morgan fingerprint density at radius 3 is 2.57 bits per heavy atom. The van der Waals surface area contributed by atoms with Crippen LogP contribution in [-0.4, -0.2) is 24.2 Å². The Hall–Kier alpha value is -2.96. The molecule has 1 atom stereocenters. The molecule has 0 saturated heterocycles. The van der Waals surface area contributed by atoms with Crippen molar-refractivity contribution in [3.8, 4) is 5.75 Å². The van der Waals surface area contributed by atoms with Crippen LogP contribution in [0.1, 0.15) is 22.0 Å². The fourth-order valence-electron chi connectivity index (χ4n) is 3.45. The topological polar surface area (TPSA) is 72.6 Å². The van der Waals surface area contributed by atoms with Crippen LogP contribution in [0.5, 0.6) is 5.75 Å². The first-order valence-corrected chi connectivity index (χ1v) is 10.7. The van der Waals surface area contributed by atoms with Crippen molar-refractivity contribution >= 4 is 40.9 Å². The monoisotopic (exact) mass is 438 g/mol. The number of fused-ring (bicyclic) bond motifs is 1. The number of primary amides is 1. The van der Waals surface area contributed by atoms with E-state index >= 15 is 0 Å². The maximum absolute atomic E-state index is 13.3. The van der Waals surface area contributed by atoms with Gasteiger partial charge in [0.05, 0.1) is 17.3 Å². The minimum atomic E-state index is -0.665. The second-order valence-corrected chi connectivity index (χ2v) is 8.26. The molecular weight excluding hydrogens is 420 g/mol. The number of carbonyl (C=O) groups is 2. The van der Waals surface area contributed by atoms with Gasteiger partial charge in [-0.1, -0.05) is 54.1 Å². The molecule has 0 fully saturated rings. The fourth-order valence-corrected chi connectivity index (χ4v) is 4.79. The van der Waals surface area contributed by atoms with Crippen molar-refractivity contribution in [1.82, 2.24) is 0 Å². The number of thioether (sulfide) groups is 1. The number of benzene rings is 3. The highest BCUT2D eigenvalue weighted by Crippen LogP contribution is 2.43. The van der Waals surface area contributed by atoms with E-state index in [4.69, 9.17) is 22.1 Å². The molecule has 0 saturated carbocycles. The van der Waals surface area contributed by atoms with Crippen LogP contribution in [0.2, 0.25) is 5.02 Å². The number of hydrogen-bond donors (Lipinski definition) is 1. The van der Waals surface area contributed by atoms with Crippen molar-refractivity contribution in [3.63, 3.8) is 0 Å². The average molecular weight is 439 g/mol. The summed E-state index contributed by atoms with van der Waals surface area (Å²) in [5.41, 5.74) is 7.46. The van der Waals surface area contributed by atoms with Crippen LogP contribution in [0.3, 0.4) is 0 Å². The second-order valence-electron chi connectivity index (χ2n) is 6.76. The number of halogens is 1. The summed E-state index contributed by atoms with van der Waals surface area (Å²) in [5.74, 6) is 0.0975. The zero-order chi connectivity index (χ0) is 21.1. The first-order valence-electron chi connectivity index (χ1n) is 9.35. The van der Waals surface area contributed by atoms with Crippen LogP contribution in [0.4, 0.5) is 5.69 Å². The molecule has 0 bridgehead atoms. The predicted molar refractivity (Wildman–Crippen MR) is 119 cm³/mol. The number of para-hydroxylation sites is 1. The van der Waals surface area contributed by atoms with Gasteiger partial charge in [-0.3, -0.25) is 14.5 Å². The number of nitrogens with two attached hydrogens (primary N) is 1. The number of rotatable bonds is 5. The van der Waals surface area contributed by atoms with Gasteiger partial charge in [-0.25, -0.2) is 0 Å². The van der Waals surface area contributed by atoms with Crippen LogP contribution >= 0.6 is 23.4 Å². The molecule has 3 aromatic rings. The largest absolute Gasteiger partial charge is 0.483 e. The summed E-state index contributed by atoms with van der Waals surface area (Å²) in [4.78, 5) is 27.8. The lowest BCUT2D eigenvalue weighted by atomic mass is 10.1. The normalized spacial score (nSPS) is 15.4. The lowest BCUT2D eigenvalue weighted by molar-refractivity contribution is -0.121. The van der Waals surface area contributed by atoms with Gasteiger partial charge in [0.15, 0.2) is 6.61 Å². The molecule has 5 nitrogen and oxygen atoms in total. The summed E-state index contributed by atoms with van der Waals surface area (Å²) in [5, 5.41) is 0.369. The summed E-state index contributed by atoms with van der Waals surface area (Å²) < 4.78 is 5.71. The molecule has 2 amide bonds. The summed E-state index contributed by atoms with van der Waals surface area (Å²) >= 11 is 7.67. The zero-order valence-electron chi connectivity index (χ0n) is 16.0. The van der Waals surface area contributed by atoms with Gasteiger partial charge in [0, 0.05) is 15.7 Å². The highest BCUT2D eigenvalue weighted by molar-refractivity contribution is 7.99. The first-order chi connectivity index (χ1) is 14.5. The summed E-state index contributed by atoms with van der Waals surface area (Å²) in [7, 11) is 0. The molecule has 152 valence electrons. The van der Waals surface area contributed by atoms with Crippen LogP contribution in [-0.2, 0) is 4.79 Å². The van der Waals surface area contributed by atoms with Crippen molar-refractivity contribution in [2.24, 2.45) is 5.73 Å².